The van der Waals surface area contributed by atoms with E-state index in [4.69, 9.17) is 32.7 Å². The van der Waals surface area contributed by atoms with Crippen molar-refractivity contribution in [2.45, 2.75) is 6.92 Å². The highest BCUT2D eigenvalue weighted by atomic mass is 35.5. The third kappa shape index (κ3) is 2.77. The van der Waals surface area contributed by atoms with Gasteiger partial charge in [0.25, 0.3) is 5.56 Å². The van der Waals surface area contributed by atoms with Crippen molar-refractivity contribution in [2.24, 2.45) is 0 Å². The van der Waals surface area contributed by atoms with E-state index in [1.54, 1.807) is 6.92 Å². The van der Waals surface area contributed by atoms with Crippen LogP contribution in [0, 0.1) is 0 Å². The van der Waals surface area contributed by atoms with Crippen molar-refractivity contribution in [2.75, 3.05) is 13.7 Å². The third-order valence-corrected chi connectivity index (χ3v) is 3.32. The second-order valence-corrected chi connectivity index (χ2v) is 4.80. The van der Waals surface area contributed by atoms with E-state index in [9.17, 15) is 9.59 Å². The molecule has 0 amide bonds. The number of ether oxygens (including phenoxy) is 2. The Balaban J connectivity index is 2.68. The molecule has 112 valence electrons. The van der Waals surface area contributed by atoms with Crippen molar-refractivity contribution < 1.29 is 14.3 Å². The lowest BCUT2D eigenvalue weighted by Crippen LogP contribution is -2.17. The molecule has 2 aromatic rings. The minimum atomic E-state index is -0.595. The standard InChI is InChI=1S/C13H12Cl2N2O4/c1-3-21-12-8(6-18)13(19)17(16-12)11-9(14)4-7(20-2)5-10(11)15/h4-6,16H,3H2,1-2H3. The number of rotatable bonds is 5. The number of carbonyl (C=O) groups excluding carboxylic acids is 1. The summed E-state index contributed by atoms with van der Waals surface area (Å²) in [4.78, 5) is 23.3. The van der Waals surface area contributed by atoms with Crippen LogP contribution >= 0.6 is 23.2 Å². The van der Waals surface area contributed by atoms with E-state index in [1.807, 2.05) is 0 Å². The Labute approximate surface area is 130 Å². The second-order valence-electron chi connectivity index (χ2n) is 3.99. The largest absolute Gasteiger partial charge is 0.497 e. The summed E-state index contributed by atoms with van der Waals surface area (Å²) < 4.78 is 11.3. The second kappa shape index (κ2) is 6.24. The van der Waals surface area contributed by atoms with Crippen molar-refractivity contribution >= 4 is 29.5 Å². The third-order valence-electron chi connectivity index (χ3n) is 2.75. The fourth-order valence-electron chi connectivity index (χ4n) is 1.82. The Morgan fingerprint density at radius 3 is 2.43 bits per heavy atom. The molecule has 0 atom stereocenters. The molecular weight excluding hydrogens is 319 g/mol. The first-order valence-electron chi connectivity index (χ1n) is 5.99. The maximum Gasteiger partial charge on any atom is 0.285 e. The molecule has 0 radical (unpaired) electrons. The van der Waals surface area contributed by atoms with Crippen molar-refractivity contribution in [3.8, 4) is 17.3 Å². The number of methoxy groups -OCH3 is 1. The molecule has 2 rings (SSSR count). The molecule has 1 aromatic carbocycles. The maximum absolute atomic E-state index is 12.2. The number of aromatic nitrogens is 2. The zero-order valence-electron chi connectivity index (χ0n) is 11.3. The van der Waals surface area contributed by atoms with E-state index in [2.05, 4.69) is 5.10 Å². The van der Waals surface area contributed by atoms with Crippen LogP contribution in [0.25, 0.3) is 5.69 Å². The van der Waals surface area contributed by atoms with Gasteiger partial charge in [0.2, 0.25) is 5.88 Å². The molecule has 0 bridgehead atoms. The number of hydrogen-bond donors (Lipinski definition) is 1. The summed E-state index contributed by atoms with van der Waals surface area (Å²) in [6.07, 6.45) is 0.422. The van der Waals surface area contributed by atoms with E-state index in [0.717, 1.165) is 4.68 Å². The molecule has 0 spiro atoms. The van der Waals surface area contributed by atoms with Crippen molar-refractivity contribution in [3.63, 3.8) is 0 Å². The smallest absolute Gasteiger partial charge is 0.285 e. The normalized spacial score (nSPS) is 10.5. The molecule has 1 N–H and O–H groups in total. The fraction of sp³-hybridized carbons (Fsp3) is 0.231. The lowest BCUT2D eigenvalue weighted by molar-refractivity contribution is 0.111. The minimum Gasteiger partial charge on any atom is -0.497 e. The molecule has 0 aliphatic carbocycles. The van der Waals surface area contributed by atoms with Crippen LogP contribution < -0.4 is 15.0 Å². The summed E-state index contributed by atoms with van der Waals surface area (Å²) in [5.41, 5.74) is -0.500. The van der Waals surface area contributed by atoms with Gasteiger partial charge in [0.1, 0.15) is 17.0 Å². The summed E-state index contributed by atoms with van der Waals surface area (Å²) in [6.45, 7) is 2.03. The highest BCUT2D eigenvalue weighted by Gasteiger charge is 2.20. The Kier molecular flexibility index (Phi) is 4.59. The number of carbonyl (C=O) groups is 1. The zero-order valence-corrected chi connectivity index (χ0v) is 12.8. The summed E-state index contributed by atoms with van der Waals surface area (Å²) in [5.74, 6) is 0.523. The average molecular weight is 331 g/mol. The predicted molar refractivity (Wildman–Crippen MR) is 79.5 cm³/mol. The van der Waals surface area contributed by atoms with Gasteiger partial charge in [0.05, 0.1) is 23.8 Å². The van der Waals surface area contributed by atoms with Gasteiger partial charge < -0.3 is 9.47 Å². The molecular formula is C13H12Cl2N2O4. The maximum atomic E-state index is 12.2. The number of aromatic amines is 1. The van der Waals surface area contributed by atoms with Gasteiger partial charge in [-0.1, -0.05) is 23.2 Å². The lowest BCUT2D eigenvalue weighted by Gasteiger charge is -2.09. The Bertz CT molecular complexity index is 713. The van der Waals surface area contributed by atoms with Gasteiger partial charge in [-0.2, -0.15) is 0 Å². The van der Waals surface area contributed by atoms with Crippen LogP contribution in [0.1, 0.15) is 17.3 Å². The molecule has 21 heavy (non-hydrogen) atoms. The number of H-pyrrole nitrogens is 1. The van der Waals surface area contributed by atoms with E-state index in [-0.39, 0.29) is 27.2 Å². The molecule has 0 fully saturated rings. The first-order valence-corrected chi connectivity index (χ1v) is 6.75. The summed E-state index contributed by atoms with van der Waals surface area (Å²) in [5, 5.41) is 3.07. The zero-order chi connectivity index (χ0) is 15.6. The van der Waals surface area contributed by atoms with Crippen molar-refractivity contribution in [3.05, 3.63) is 38.1 Å². The van der Waals surface area contributed by atoms with Gasteiger partial charge in [0, 0.05) is 12.1 Å². The Hall–Kier alpha value is -1.92. The van der Waals surface area contributed by atoms with E-state index < -0.39 is 5.56 Å². The number of hydrogen-bond acceptors (Lipinski definition) is 4. The molecule has 0 aliphatic rings. The van der Waals surface area contributed by atoms with E-state index >= 15 is 0 Å². The molecule has 1 aromatic heterocycles. The first-order chi connectivity index (χ1) is 10.0. The number of benzene rings is 1. The van der Waals surface area contributed by atoms with Gasteiger partial charge in [-0.25, -0.2) is 4.68 Å². The minimum absolute atomic E-state index is 0.0699. The van der Waals surface area contributed by atoms with Gasteiger partial charge in [-0.15, -0.1) is 0 Å². The molecule has 6 nitrogen and oxygen atoms in total. The summed E-state index contributed by atoms with van der Waals surface area (Å²) in [6, 6.07) is 3.02. The van der Waals surface area contributed by atoms with Crippen LogP contribution in [0.15, 0.2) is 16.9 Å². The van der Waals surface area contributed by atoms with Gasteiger partial charge in [0.15, 0.2) is 6.29 Å². The number of aldehydes is 1. The Morgan fingerprint density at radius 1 is 1.33 bits per heavy atom. The van der Waals surface area contributed by atoms with Gasteiger partial charge >= 0.3 is 0 Å². The molecule has 8 heteroatoms. The summed E-state index contributed by atoms with van der Waals surface area (Å²) >= 11 is 12.3. The fourth-order valence-corrected chi connectivity index (χ4v) is 2.46. The lowest BCUT2D eigenvalue weighted by atomic mass is 10.3. The number of halogens is 2. The average Bonchev–Trinajstić information content (AvgIpc) is 2.74. The SMILES string of the molecule is CCOc1[nH]n(-c2c(Cl)cc(OC)cc2Cl)c(=O)c1C=O. The number of nitrogens with one attached hydrogen (secondary N) is 1. The van der Waals surface area contributed by atoms with E-state index in [0.29, 0.717) is 18.6 Å². The first kappa shape index (κ1) is 15.5. The van der Waals surface area contributed by atoms with Gasteiger partial charge in [-0.05, 0) is 6.92 Å². The van der Waals surface area contributed by atoms with Crippen LogP contribution in [-0.4, -0.2) is 29.8 Å². The van der Waals surface area contributed by atoms with Crippen LogP contribution in [0.4, 0.5) is 0 Å². The van der Waals surface area contributed by atoms with Crippen LogP contribution in [-0.2, 0) is 0 Å². The van der Waals surface area contributed by atoms with Crippen molar-refractivity contribution in [1.29, 1.82) is 0 Å². The highest BCUT2D eigenvalue weighted by Crippen LogP contribution is 2.32. The molecule has 0 saturated carbocycles. The van der Waals surface area contributed by atoms with Crippen LogP contribution in [0.5, 0.6) is 11.6 Å². The van der Waals surface area contributed by atoms with Crippen LogP contribution in [0.2, 0.25) is 10.0 Å². The van der Waals surface area contributed by atoms with Crippen LogP contribution in [0.3, 0.4) is 0 Å². The van der Waals surface area contributed by atoms with Gasteiger partial charge in [-0.3, -0.25) is 14.7 Å². The molecule has 0 unspecified atom stereocenters. The van der Waals surface area contributed by atoms with Crippen molar-refractivity contribution in [1.82, 2.24) is 9.78 Å². The number of nitrogens with zero attached hydrogens (tertiary/aromatic N) is 1. The Morgan fingerprint density at radius 2 is 1.95 bits per heavy atom. The highest BCUT2D eigenvalue weighted by molar-refractivity contribution is 6.38. The topological polar surface area (TPSA) is 73.3 Å². The molecule has 1 heterocycles. The molecule has 0 aliphatic heterocycles. The quantitative estimate of drug-likeness (QED) is 0.855. The monoisotopic (exact) mass is 330 g/mol. The predicted octanol–water partition coefficient (Wildman–Crippen LogP) is 2.69. The van der Waals surface area contributed by atoms with E-state index in [1.165, 1.54) is 19.2 Å². The summed E-state index contributed by atoms with van der Waals surface area (Å²) in [7, 11) is 1.47. The molecule has 0 saturated heterocycles.